The number of halogens is 4. The Kier molecular flexibility index (Phi) is 20.1. The summed E-state index contributed by atoms with van der Waals surface area (Å²) in [7, 11) is 0. The van der Waals surface area contributed by atoms with Crippen LogP contribution in [0, 0.1) is 23.3 Å². The van der Waals surface area contributed by atoms with Gasteiger partial charge in [-0.25, -0.2) is 17.6 Å². The Morgan fingerprint density at radius 2 is 0.600 bits per heavy atom. The van der Waals surface area contributed by atoms with Crippen LogP contribution in [0.25, 0.3) is 45.5 Å². The number of anilines is 6. The molecule has 2 unspecified atom stereocenters. The molecule has 0 fully saturated rings. The molecule has 8 nitrogen and oxygen atoms in total. The number of hydrogen-bond donors (Lipinski definition) is 0. The van der Waals surface area contributed by atoms with Crippen LogP contribution < -0.4 is 28.7 Å². The van der Waals surface area contributed by atoms with E-state index in [0.29, 0.717) is 96.9 Å². The second-order valence-corrected chi connectivity index (χ2v) is 26.9. The predicted octanol–water partition coefficient (Wildman–Crippen LogP) is 25.3. The lowest BCUT2D eigenvalue weighted by Crippen LogP contribution is -2.29. The molecule has 2 atom stereocenters. The first kappa shape index (κ1) is 71.3. The average molecular weight is 1450 g/mol. The fourth-order valence-electron chi connectivity index (χ4n) is 15.7. The van der Waals surface area contributed by atoms with Gasteiger partial charge in [0.15, 0.2) is 0 Å². The first-order valence-corrected chi connectivity index (χ1v) is 36.8. The molecule has 2 aliphatic rings. The van der Waals surface area contributed by atoms with Gasteiger partial charge in [0.05, 0.1) is 24.0 Å². The highest BCUT2D eigenvalue weighted by Crippen LogP contribution is 2.60. The van der Waals surface area contributed by atoms with Crippen molar-refractivity contribution in [3.05, 3.63) is 408 Å². The summed E-state index contributed by atoms with van der Waals surface area (Å²) < 4.78 is 104. The van der Waals surface area contributed by atoms with Crippen LogP contribution in [0.15, 0.2) is 329 Å². The number of benzene rings is 14. The van der Waals surface area contributed by atoms with Crippen molar-refractivity contribution in [3.8, 4) is 67.9 Å². The highest BCUT2D eigenvalue weighted by Gasteiger charge is 2.49. The molecule has 14 aromatic rings. The van der Waals surface area contributed by atoms with E-state index in [9.17, 15) is 0 Å². The van der Waals surface area contributed by atoms with Gasteiger partial charge in [-0.3, -0.25) is 0 Å². The number of nitrogens with zero attached hydrogens (tertiary/aromatic N) is 2. The maximum Gasteiger partial charge on any atom is 0.150 e. The van der Waals surface area contributed by atoms with E-state index in [-0.39, 0.29) is 11.4 Å². The summed E-state index contributed by atoms with van der Waals surface area (Å²) in [6.45, 7) is 14.5. The number of ether oxygens (including phenoxy) is 6. The van der Waals surface area contributed by atoms with E-state index in [1.54, 1.807) is 22.0 Å². The molecular formula is C98H76F4N2O6. The van der Waals surface area contributed by atoms with E-state index < -0.39 is 34.1 Å². The Labute approximate surface area is 638 Å². The van der Waals surface area contributed by atoms with Crippen LogP contribution >= 0.6 is 0 Å². The largest absolute Gasteiger partial charge is 0.491 e. The van der Waals surface area contributed by atoms with Gasteiger partial charge in [0.25, 0.3) is 0 Å². The molecule has 0 spiro atoms. The lowest BCUT2D eigenvalue weighted by molar-refractivity contribution is 0.110. The van der Waals surface area contributed by atoms with Crippen molar-refractivity contribution in [3.63, 3.8) is 0 Å². The molecule has 0 aliphatic heterocycles. The standard InChI is InChI=1S/C98H76F4N2O6/c1-5-65-23-45-79(46-24-65)109-81-53-35-71(36-54-81)97(69-31-49-77(50-32-69)107-61-59-105-7-3)87-17-11-9-15-83(87)85-57-43-75(63-89(85)97)103(95-91(99)19-13-20-92(95)100)73-39-27-67(28-40-73)68-29-41-74(42-30-68)104(96-93(101)21-14-22-94(96)102)76-44-58-86-84-16-10-12-18-88(84)98(90(86)64-76,70-33-51-78(52-34-70)108-62-60-106-8-4)72-37-55-82(56-38-72)110-80-47-25-66(6-2)26-48-80/h5-6,9-58,63-64H,1-2,7-8,59-62H2,3-4H3. The van der Waals surface area contributed by atoms with Gasteiger partial charge in [-0.15, -0.1) is 0 Å². The third-order valence-corrected chi connectivity index (χ3v) is 20.7. The maximum atomic E-state index is 16.9. The summed E-state index contributed by atoms with van der Waals surface area (Å²) in [6.07, 6.45) is 3.57. The molecule has 0 radical (unpaired) electrons. The van der Waals surface area contributed by atoms with Crippen molar-refractivity contribution in [2.45, 2.75) is 24.7 Å². The summed E-state index contributed by atoms with van der Waals surface area (Å²) in [5.41, 5.74) is 14.4. The van der Waals surface area contributed by atoms with Crippen molar-refractivity contribution in [1.29, 1.82) is 0 Å². The van der Waals surface area contributed by atoms with Crippen molar-refractivity contribution in [1.82, 2.24) is 0 Å². The minimum atomic E-state index is -0.980. The van der Waals surface area contributed by atoms with Crippen molar-refractivity contribution in [2.24, 2.45) is 0 Å². The molecule has 14 aromatic carbocycles. The molecular weight excluding hydrogens is 1380 g/mol. The fraction of sp³-hybridized carbons (Fsp3) is 0.102. The normalized spacial score (nSPS) is 14.3. The van der Waals surface area contributed by atoms with Crippen LogP contribution in [0.2, 0.25) is 0 Å². The average Bonchev–Trinajstić information content (AvgIpc) is 1.54. The Morgan fingerprint density at radius 3 is 0.927 bits per heavy atom. The summed E-state index contributed by atoms with van der Waals surface area (Å²) >= 11 is 0. The van der Waals surface area contributed by atoms with Crippen LogP contribution in [-0.2, 0) is 20.3 Å². The van der Waals surface area contributed by atoms with Gasteiger partial charge < -0.3 is 38.2 Å². The molecule has 0 saturated carbocycles. The minimum absolute atomic E-state index is 0.263. The van der Waals surface area contributed by atoms with Gasteiger partial charge in [0.2, 0.25) is 0 Å². The maximum absolute atomic E-state index is 16.9. The Hall–Kier alpha value is -13.0. The number of para-hydroxylation sites is 2. The number of hydrogen-bond acceptors (Lipinski definition) is 8. The van der Waals surface area contributed by atoms with Crippen molar-refractivity contribution >= 4 is 46.3 Å². The fourth-order valence-corrected chi connectivity index (χ4v) is 15.7. The van der Waals surface area contributed by atoms with Gasteiger partial charge in [-0.05, 0) is 248 Å². The second-order valence-electron chi connectivity index (χ2n) is 26.9. The van der Waals surface area contributed by atoms with Crippen LogP contribution in [0.3, 0.4) is 0 Å². The molecule has 12 heteroatoms. The van der Waals surface area contributed by atoms with Crippen LogP contribution in [0.5, 0.6) is 34.5 Å². The molecule has 0 N–H and O–H groups in total. The lowest BCUT2D eigenvalue weighted by Gasteiger charge is -2.35. The number of fused-ring (bicyclic) bond motifs is 6. The first-order valence-electron chi connectivity index (χ1n) is 36.8. The zero-order valence-electron chi connectivity index (χ0n) is 60.7. The first-order chi connectivity index (χ1) is 54.0. The lowest BCUT2D eigenvalue weighted by atomic mass is 9.67. The highest BCUT2D eigenvalue weighted by atomic mass is 19.1. The molecule has 0 heterocycles. The SMILES string of the molecule is C=Cc1ccc(Oc2ccc(C3(c4ccc(OCCOCC)cc4)c4ccccc4-c4ccc(N(c5ccc(-c6ccc(N(c7ccc8c(c7)C(c7ccc(OCCOCC)cc7)(c7ccc(Oc9ccc(C=C)cc9)cc7)c7ccccc7-8)c7c(F)cccc7F)cc6)cc5)c5c(F)cccc5F)cc43)cc2)cc1. The van der Waals surface area contributed by atoms with Gasteiger partial charge in [-0.1, -0.05) is 195 Å². The third-order valence-electron chi connectivity index (χ3n) is 20.7. The van der Waals surface area contributed by atoms with E-state index in [0.717, 1.165) is 89.0 Å². The van der Waals surface area contributed by atoms with Crippen molar-refractivity contribution < 1.29 is 46.0 Å². The monoisotopic (exact) mass is 1450 g/mol. The molecule has 2 aliphatic carbocycles. The Balaban J connectivity index is 0.778. The summed E-state index contributed by atoms with van der Waals surface area (Å²) in [5, 5.41) is 0. The zero-order chi connectivity index (χ0) is 75.3. The van der Waals surface area contributed by atoms with Gasteiger partial charge in [0.1, 0.15) is 82.4 Å². The highest BCUT2D eigenvalue weighted by molar-refractivity contribution is 5.92. The molecule has 16 rings (SSSR count). The van der Waals surface area contributed by atoms with E-state index >= 15 is 17.6 Å². The van der Waals surface area contributed by atoms with Gasteiger partial charge >= 0.3 is 0 Å². The van der Waals surface area contributed by atoms with Gasteiger partial charge in [0, 0.05) is 36.0 Å². The third kappa shape index (κ3) is 13.3. The van der Waals surface area contributed by atoms with E-state index in [2.05, 4.69) is 86.0 Å². The predicted molar refractivity (Wildman–Crippen MR) is 433 cm³/mol. The van der Waals surface area contributed by atoms with E-state index in [1.807, 2.05) is 220 Å². The molecule has 110 heavy (non-hydrogen) atoms. The molecule has 0 amide bonds. The Bertz CT molecular complexity index is 5270. The van der Waals surface area contributed by atoms with Crippen LogP contribution in [0.1, 0.15) is 69.5 Å². The minimum Gasteiger partial charge on any atom is -0.491 e. The summed E-state index contributed by atoms with van der Waals surface area (Å²) in [5.74, 6) is 0.930. The van der Waals surface area contributed by atoms with Crippen LogP contribution in [-0.4, -0.2) is 39.6 Å². The summed E-state index contributed by atoms with van der Waals surface area (Å²) in [4.78, 5) is 3.26. The topological polar surface area (TPSA) is 61.9 Å². The van der Waals surface area contributed by atoms with E-state index in [4.69, 9.17) is 28.4 Å². The number of rotatable bonds is 27. The van der Waals surface area contributed by atoms with Gasteiger partial charge in [-0.2, -0.15) is 0 Å². The molecule has 0 saturated heterocycles. The van der Waals surface area contributed by atoms with Crippen LogP contribution in [0.4, 0.5) is 51.7 Å². The second kappa shape index (κ2) is 31.1. The zero-order valence-corrected chi connectivity index (χ0v) is 60.7. The molecule has 542 valence electrons. The van der Waals surface area contributed by atoms with E-state index in [1.165, 1.54) is 36.4 Å². The quantitative estimate of drug-likeness (QED) is 0.0373. The summed E-state index contributed by atoms with van der Waals surface area (Å²) in [6, 6.07) is 99.3. The smallest absolute Gasteiger partial charge is 0.150 e. The van der Waals surface area contributed by atoms with Crippen molar-refractivity contribution in [2.75, 3.05) is 49.4 Å². The Morgan fingerprint density at radius 1 is 0.300 bits per heavy atom. The molecule has 0 bridgehead atoms. The molecule has 0 aromatic heterocycles.